The number of rotatable bonds is 5. The summed E-state index contributed by atoms with van der Waals surface area (Å²) in [4.78, 5) is 22.4. The lowest BCUT2D eigenvalue weighted by molar-refractivity contribution is -0.385. The topological polar surface area (TPSA) is 108 Å². The largest absolute Gasteiger partial charge is 0.349 e. The smallest absolute Gasteiger partial charge is 0.322 e. The predicted molar refractivity (Wildman–Crippen MR) is 76.9 cm³/mol. The zero-order chi connectivity index (χ0) is 15.6. The van der Waals surface area contributed by atoms with Gasteiger partial charge in [-0.05, 0) is 22.9 Å². The molecule has 0 spiro atoms. The Kier molecular flexibility index (Phi) is 4.36. The molecule has 0 saturated carbocycles. The van der Waals surface area contributed by atoms with Crippen LogP contribution in [0.4, 0.5) is 5.69 Å². The average Bonchev–Trinajstić information content (AvgIpc) is 2.94. The first-order valence-corrected chi connectivity index (χ1v) is 6.83. The maximum absolute atomic E-state index is 12.0. The van der Waals surface area contributed by atoms with Gasteiger partial charge in [0.1, 0.15) is 5.69 Å². The Balaban J connectivity index is 2.04. The van der Waals surface area contributed by atoms with Gasteiger partial charge >= 0.3 is 5.69 Å². The number of hydrogen-bond donors (Lipinski definition) is 1. The molecule has 21 heavy (non-hydrogen) atoms. The van der Waals surface area contributed by atoms with Gasteiger partial charge in [-0.15, -0.1) is 0 Å². The second-order valence-corrected chi connectivity index (χ2v) is 5.26. The van der Waals surface area contributed by atoms with E-state index in [-0.39, 0.29) is 11.4 Å². The Morgan fingerprint density at radius 1 is 1.57 bits per heavy atom. The van der Waals surface area contributed by atoms with E-state index < -0.39 is 10.8 Å². The van der Waals surface area contributed by atoms with Gasteiger partial charge in [0.15, 0.2) is 0 Å². The molecule has 0 unspecified atom stereocenters. The van der Waals surface area contributed by atoms with Gasteiger partial charge in [-0.2, -0.15) is 10.2 Å². The van der Waals surface area contributed by atoms with Gasteiger partial charge in [0.2, 0.25) is 5.69 Å². The maximum Gasteiger partial charge on any atom is 0.322 e. The fraction of sp³-hybridized carbons (Fsp3) is 0.364. The number of carbonyl (C=O) groups is 1. The van der Waals surface area contributed by atoms with Crippen LogP contribution in [-0.4, -0.2) is 36.9 Å². The third-order valence-corrected chi connectivity index (χ3v) is 3.34. The highest BCUT2D eigenvalue weighted by Crippen LogP contribution is 2.21. The number of aryl methyl sites for hydroxylation is 1. The molecule has 10 heteroatoms. The predicted octanol–water partition coefficient (Wildman–Crippen LogP) is 1.03. The molecule has 2 heterocycles. The summed E-state index contributed by atoms with van der Waals surface area (Å²) in [5, 5.41) is 21.5. The van der Waals surface area contributed by atoms with E-state index in [1.165, 1.54) is 4.68 Å². The van der Waals surface area contributed by atoms with E-state index in [1.54, 1.807) is 31.0 Å². The van der Waals surface area contributed by atoms with Gasteiger partial charge in [0, 0.05) is 19.8 Å². The molecule has 0 aliphatic carbocycles. The first kappa shape index (κ1) is 15.2. The van der Waals surface area contributed by atoms with Gasteiger partial charge in [-0.25, -0.2) is 0 Å². The SMILES string of the molecule is Cc1c([N+](=O)[O-])c(C(=O)NCCn2cc(Br)cn2)nn1C. The van der Waals surface area contributed by atoms with Gasteiger partial charge in [0.05, 0.1) is 22.1 Å². The minimum Gasteiger partial charge on any atom is -0.349 e. The standard InChI is InChI=1S/C11H13BrN6O3/c1-7-10(18(20)21)9(15-16(7)2)11(19)13-3-4-17-6-8(12)5-14-17/h5-6H,3-4H2,1-2H3,(H,13,19). The van der Waals surface area contributed by atoms with Gasteiger partial charge in [-0.1, -0.05) is 0 Å². The molecule has 0 aliphatic rings. The number of carbonyl (C=O) groups excluding carboxylic acids is 1. The number of nitro groups is 1. The molecule has 1 amide bonds. The van der Waals surface area contributed by atoms with Crippen LogP contribution in [0.2, 0.25) is 0 Å². The van der Waals surface area contributed by atoms with Gasteiger partial charge in [0.25, 0.3) is 5.91 Å². The van der Waals surface area contributed by atoms with Crippen molar-refractivity contribution in [3.63, 3.8) is 0 Å². The Bertz CT molecular complexity index is 692. The van der Waals surface area contributed by atoms with Crippen molar-refractivity contribution in [1.29, 1.82) is 0 Å². The van der Waals surface area contributed by atoms with Crippen LogP contribution in [0.5, 0.6) is 0 Å². The van der Waals surface area contributed by atoms with Crippen molar-refractivity contribution in [2.24, 2.45) is 7.05 Å². The third kappa shape index (κ3) is 3.27. The molecule has 0 radical (unpaired) electrons. The van der Waals surface area contributed by atoms with Crippen LogP contribution in [0, 0.1) is 17.0 Å². The highest BCUT2D eigenvalue weighted by Gasteiger charge is 2.28. The monoisotopic (exact) mass is 356 g/mol. The van der Waals surface area contributed by atoms with Crippen molar-refractivity contribution in [3.05, 3.63) is 38.4 Å². The van der Waals surface area contributed by atoms with Crippen LogP contribution < -0.4 is 5.32 Å². The Morgan fingerprint density at radius 2 is 2.29 bits per heavy atom. The average molecular weight is 357 g/mol. The van der Waals surface area contributed by atoms with Crippen LogP contribution in [0.25, 0.3) is 0 Å². The summed E-state index contributed by atoms with van der Waals surface area (Å²) in [5.74, 6) is -0.573. The van der Waals surface area contributed by atoms with E-state index >= 15 is 0 Å². The normalized spacial score (nSPS) is 10.6. The van der Waals surface area contributed by atoms with Gasteiger partial charge < -0.3 is 5.32 Å². The highest BCUT2D eigenvalue weighted by atomic mass is 79.9. The molecule has 9 nitrogen and oxygen atoms in total. The van der Waals surface area contributed by atoms with Crippen molar-refractivity contribution >= 4 is 27.5 Å². The molecule has 0 saturated heterocycles. The second kappa shape index (κ2) is 6.04. The lowest BCUT2D eigenvalue weighted by atomic mass is 10.3. The summed E-state index contributed by atoms with van der Waals surface area (Å²) in [6.07, 6.45) is 3.40. The van der Waals surface area contributed by atoms with Crippen molar-refractivity contribution in [2.45, 2.75) is 13.5 Å². The molecule has 2 aromatic rings. The summed E-state index contributed by atoms with van der Waals surface area (Å²) in [6.45, 7) is 2.29. The first-order valence-electron chi connectivity index (χ1n) is 6.04. The Morgan fingerprint density at radius 3 is 2.86 bits per heavy atom. The molecule has 2 aromatic heterocycles. The molecule has 0 aliphatic heterocycles. The summed E-state index contributed by atoms with van der Waals surface area (Å²) in [5.41, 5.74) is -0.111. The van der Waals surface area contributed by atoms with Crippen LogP contribution in [0.3, 0.4) is 0 Å². The molecule has 112 valence electrons. The van der Waals surface area contributed by atoms with E-state index in [2.05, 4.69) is 31.4 Å². The number of aromatic nitrogens is 4. The van der Waals surface area contributed by atoms with Crippen LogP contribution in [0.15, 0.2) is 16.9 Å². The lowest BCUT2D eigenvalue weighted by Gasteiger charge is -2.03. The molecule has 1 N–H and O–H groups in total. The molecule has 0 atom stereocenters. The molecule has 0 aromatic carbocycles. The number of nitrogens with one attached hydrogen (secondary N) is 1. The Labute approximate surface area is 128 Å². The molecule has 0 fully saturated rings. The minimum atomic E-state index is -0.595. The van der Waals surface area contributed by atoms with Crippen molar-refractivity contribution in [2.75, 3.05) is 6.54 Å². The fourth-order valence-corrected chi connectivity index (χ4v) is 2.12. The zero-order valence-electron chi connectivity index (χ0n) is 11.4. The fourth-order valence-electron chi connectivity index (χ4n) is 1.80. The maximum atomic E-state index is 12.0. The molecule has 0 bridgehead atoms. The summed E-state index contributed by atoms with van der Waals surface area (Å²) < 4.78 is 3.80. The van der Waals surface area contributed by atoms with Crippen LogP contribution in [-0.2, 0) is 13.6 Å². The molecular formula is C11H13BrN6O3. The lowest BCUT2D eigenvalue weighted by Crippen LogP contribution is -2.28. The van der Waals surface area contributed by atoms with Crippen molar-refractivity contribution < 1.29 is 9.72 Å². The van der Waals surface area contributed by atoms with E-state index in [0.717, 1.165) is 4.47 Å². The van der Waals surface area contributed by atoms with Crippen LogP contribution >= 0.6 is 15.9 Å². The van der Waals surface area contributed by atoms with Crippen molar-refractivity contribution in [3.8, 4) is 0 Å². The zero-order valence-corrected chi connectivity index (χ0v) is 13.0. The third-order valence-electron chi connectivity index (χ3n) is 2.93. The molecule has 2 rings (SSSR count). The van der Waals surface area contributed by atoms with E-state index in [9.17, 15) is 14.9 Å². The van der Waals surface area contributed by atoms with E-state index in [4.69, 9.17) is 0 Å². The van der Waals surface area contributed by atoms with Crippen molar-refractivity contribution in [1.82, 2.24) is 24.9 Å². The minimum absolute atomic E-state index is 0.179. The summed E-state index contributed by atoms with van der Waals surface area (Å²) in [6, 6.07) is 0. The van der Waals surface area contributed by atoms with E-state index in [1.807, 2.05) is 0 Å². The highest BCUT2D eigenvalue weighted by molar-refractivity contribution is 9.10. The van der Waals surface area contributed by atoms with Crippen LogP contribution in [0.1, 0.15) is 16.2 Å². The van der Waals surface area contributed by atoms with E-state index in [0.29, 0.717) is 18.8 Å². The number of halogens is 1. The summed E-state index contributed by atoms with van der Waals surface area (Å²) in [7, 11) is 1.56. The number of amides is 1. The Hall–Kier alpha value is -2.23. The van der Waals surface area contributed by atoms with Gasteiger partial charge in [-0.3, -0.25) is 24.3 Å². The quantitative estimate of drug-likeness (QED) is 0.635. The first-order chi connectivity index (χ1) is 9.90. The second-order valence-electron chi connectivity index (χ2n) is 4.34. The number of hydrogen-bond acceptors (Lipinski definition) is 5. The summed E-state index contributed by atoms with van der Waals surface area (Å²) >= 11 is 3.27. The molecular weight excluding hydrogens is 344 g/mol. The number of nitrogens with zero attached hydrogens (tertiary/aromatic N) is 5.